The summed E-state index contributed by atoms with van der Waals surface area (Å²) < 4.78 is 10.9. The number of hydrogen-bond acceptors (Lipinski definition) is 4. The fourth-order valence-electron chi connectivity index (χ4n) is 2.24. The molecule has 0 spiro atoms. The SMILES string of the molecule is COc1ccc(N)cc1NC(=O)COc1ccccc1C(C)C. The molecule has 0 aliphatic rings. The van der Waals surface area contributed by atoms with Crippen LogP contribution in [0.4, 0.5) is 11.4 Å². The van der Waals surface area contributed by atoms with Crippen molar-refractivity contribution in [3.8, 4) is 11.5 Å². The van der Waals surface area contributed by atoms with Crippen LogP contribution in [-0.4, -0.2) is 19.6 Å². The van der Waals surface area contributed by atoms with E-state index in [4.69, 9.17) is 15.2 Å². The van der Waals surface area contributed by atoms with Crippen LogP contribution in [0.2, 0.25) is 0 Å². The molecule has 2 aromatic rings. The summed E-state index contributed by atoms with van der Waals surface area (Å²) in [5, 5.41) is 2.75. The van der Waals surface area contributed by atoms with Crippen molar-refractivity contribution in [2.45, 2.75) is 19.8 Å². The fourth-order valence-corrected chi connectivity index (χ4v) is 2.24. The van der Waals surface area contributed by atoms with Gasteiger partial charge in [0.25, 0.3) is 5.91 Å². The minimum atomic E-state index is -0.271. The molecule has 2 rings (SSSR count). The molecule has 0 fully saturated rings. The molecule has 2 aromatic carbocycles. The lowest BCUT2D eigenvalue weighted by molar-refractivity contribution is -0.118. The monoisotopic (exact) mass is 314 g/mol. The van der Waals surface area contributed by atoms with Crippen molar-refractivity contribution in [3.63, 3.8) is 0 Å². The van der Waals surface area contributed by atoms with Crippen molar-refractivity contribution in [2.24, 2.45) is 0 Å². The number of hydrogen-bond donors (Lipinski definition) is 2. The zero-order valence-corrected chi connectivity index (χ0v) is 13.6. The lowest BCUT2D eigenvalue weighted by atomic mass is 10.0. The topological polar surface area (TPSA) is 73.6 Å². The molecule has 0 heterocycles. The number of methoxy groups -OCH3 is 1. The van der Waals surface area contributed by atoms with Crippen LogP contribution in [0.15, 0.2) is 42.5 Å². The Morgan fingerprint density at radius 1 is 1.17 bits per heavy atom. The van der Waals surface area contributed by atoms with Gasteiger partial charge in [-0.25, -0.2) is 0 Å². The first kappa shape index (κ1) is 16.7. The third-order valence-electron chi connectivity index (χ3n) is 3.40. The molecule has 0 bridgehead atoms. The highest BCUT2D eigenvalue weighted by atomic mass is 16.5. The number of nitrogens with one attached hydrogen (secondary N) is 1. The van der Waals surface area contributed by atoms with Crippen LogP contribution >= 0.6 is 0 Å². The molecule has 0 aromatic heterocycles. The van der Waals surface area contributed by atoms with E-state index in [-0.39, 0.29) is 12.5 Å². The average Bonchev–Trinajstić information content (AvgIpc) is 2.53. The number of para-hydroxylation sites is 1. The lowest BCUT2D eigenvalue weighted by Gasteiger charge is -2.14. The Balaban J connectivity index is 2.03. The van der Waals surface area contributed by atoms with Gasteiger partial charge in [-0.1, -0.05) is 32.0 Å². The van der Waals surface area contributed by atoms with Crippen LogP contribution in [0.25, 0.3) is 0 Å². The van der Waals surface area contributed by atoms with Crippen LogP contribution in [0, 0.1) is 0 Å². The number of nitrogen functional groups attached to an aromatic ring is 1. The standard InChI is InChI=1S/C18H22N2O3/c1-12(2)14-6-4-5-7-16(14)23-11-18(21)20-15-10-13(19)8-9-17(15)22-3/h4-10,12H,11,19H2,1-3H3,(H,20,21). The third-order valence-corrected chi connectivity index (χ3v) is 3.40. The maximum absolute atomic E-state index is 12.1. The molecule has 0 aliphatic carbocycles. The molecule has 1 amide bonds. The van der Waals surface area contributed by atoms with E-state index in [1.54, 1.807) is 18.2 Å². The summed E-state index contributed by atoms with van der Waals surface area (Å²) in [5.74, 6) is 1.32. The minimum Gasteiger partial charge on any atom is -0.495 e. The summed E-state index contributed by atoms with van der Waals surface area (Å²) in [7, 11) is 1.54. The van der Waals surface area contributed by atoms with Crippen molar-refractivity contribution in [1.82, 2.24) is 0 Å². The third kappa shape index (κ3) is 4.39. The number of benzene rings is 2. The summed E-state index contributed by atoms with van der Waals surface area (Å²) in [4.78, 5) is 12.1. The molecular formula is C18H22N2O3. The second-order valence-corrected chi connectivity index (χ2v) is 5.49. The Hall–Kier alpha value is -2.69. The Morgan fingerprint density at radius 3 is 2.61 bits per heavy atom. The van der Waals surface area contributed by atoms with E-state index in [1.165, 1.54) is 7.11 Å². The zero-order valence-electron chi connectivity index (χ0n) is 13.6. The van der Waals surface area contributed by atoms with E-state index in [0.29, 0.717) is 23.0 Å². The average molecular weight is 314 g/mol. The van der Waals surface area contributed by atoms with Gasteiger partial charge in [-0.05, 0) is 35.7 Å². The van der Waals surface area contributed by atoms with Gasteiger partial charge in [0.15, 0.2) is 6.61 Å². The van der Waals surface area contributed by atoms with Crippen LogP contribution in [-0.2, 0) is 4.79 Å². The highest BCUT2D eigenvalue weighted by Crippen LogP contribution is 2.27. The maximum atomic E-state index is 12.1. The fraction of sp³-hybridized carbons (Fsp3) is 0.278. The van der Waals surface area contributed by atoms with Crippen LogP contribution in [0.1, 0.15) is 25.3 Å². The summed E-state index contributed by atoms with van der Waals surface area (Å²) in [6.07, 6.45) is 0. The maximum Gasteiger partial charge on any atom is 0.262 e. The zero-order chi connectivity index (χ0) is 16.8. The summed E-state index contributed by atoms with van der Waals surface area (Å²) in [6.45, 7) is 4.08. The molecule has 0 atom stereocenters. The molecule has 5 nitrogen and oxygen atoms in total. The van der Waals surface area contributed by atoms with E-state index in [1.807, 2.05) is 24.3 Å². The molecule has 0 aliphatic heterocycles. The molecule has 0 radical (unpaired) electrons. The van der Waals surface area contributed by atoms with Crippen LogP contribution < -0.4 is 20.5 Å². The number of carbonyl (C=O) groups excluding carboxylic acids is 1. The van der Waals surface area contributed by atoms with E-state index >= 15 is 0 Å². The number of anilines is 2. The molecule has 0 saturated carbocycles. The van der Waals surface area contributed by atoms with Crippen LogP contribution in [0.5, 0.6) is 11.5 Å². The van der Waals surface area contributed by atoms with Crippen molar-refractivity contribution in [3.05, 3.63) is 48.0 Å². The number of nitrogens with two attached hydrogens (primary N) is 1. The van der Waals surface area contributed by atoms with Gasteiger partial charge in [0.05, 0.1) is 12.8 Å². The number of ether oxygens (including phenoxy) is 2. The summed E-state index contributed by atoms with van der Waals surface area (Å²) in [5.41, 5.74) is 7.88. The van der Waals surface area contributed by atoms with Gasteiger partial charge in [-0.15, -0.1) is 0 Å². The molecule has 0 saturated heterocycles. The predicted molar refractivity (Wildman–Crippen MR) is 92.1 cm³/mol. The second-order valence-electron chi connectivity index (χ2n) is 5.49. The first-order chi connectivity index (χ1) is 11.0. The van der Waals surface area contributed by atoms with Crippen LogP contribution in [0.3, 0.4) is 0 Å². The second kappa shape index (κ2) is 7.54. The van der Waals surface area contributed by atoms with E-state index in [2.05, 4.69) is 19.2 Å². The Bertz CT molecular complexity index is 684. The number of amides is 1. The molecule has 5 heteroatoms. The van der Waals surface area contributed by atoms with Gasteiger partial charge in [-0.3, -0.25) is 4.79 Å². The van der Waals surface area contributed by atoms with Gasteiger partial charge in [-0.2, -0.15) is 0 Å². The molecule has 0 unspecified atom stereocenters. The van der Waals surface area contributed by atoms with Gasteiger partial charge >= 0.3 is 0 Å². The van der Waals surface area contributed by atoms with Gasteiger partial charge < -0.3 is 20.5 Å². The van der Waals surface area contributed by atoms with E-state index in [9.17, 15) is 4.79 Å². The lowest BCUT2D eigenvalue weighted by Crippen LogP contribution is -2.21. The van der Waals surface area contributed by atoms with E-state index < -0.39 is 0 Å². The first-order valence-corrected chi connectivity index (χ1v) is 7.46. The van der Waals surface area contributed by atoms with Gasteiger partial charge in [0, 0.05) is 5.69 Å². The van der Waals surface area contributed by atoms with Crippen molar-refractivity contribution in [2.75, 3.05) is 24.8 Å². The highest BCUT2D eigenvalue weighted by molar-refractivity contribution is 5.94. The normalized spacial score (nSPS) is 10.4. The molecule has 122 valence electrons. The Kier molecular flexibility index (Phi) is 5.46. The van der Waals surface area contributed by atoms with E-state index in [0.717, 1.165) is 11.3 Å². The first-order valence-electron chi connectivity index (χ1n) is 7.46. The largest absolute Gasteiger partial charge is 0.495 e. The molecular weight excluding hydrogens is 292 g/mol. The van der Waals surface area contributed by atoms with Crippen molar-refractivity contribution in [1.29, 1.82) is 0 Å². The predicted octanol–water partition coefficient (Wildman–Crippen LogP) is 3.42. The van der Waals surface area contributed by atoms with Gasteiger partial charge in [0.2, 0.25) is 0 Å². The Labute approximate surface area is 136 Å². The van der Waals surface area contributed by atoms with Crippen molar-refractivity contribution < 1.29 is 14.3 Å². The minimum absolute atomic E-state index is 0.0817. The highest BCUT2D eigenvalue weighted by Gasteiger charge is 2.11. The summed E-state index contributed by atoms with van der Waals surface area (Å²) in [6, 6.07) is 12.8. The quantitative estimate of drug-likeness (QED) is 0.801. The number of carbonyl (C=O) groups is 1. The summed E-state index contributed by atoms with van der Waals surface area (Å²) >= 11 is 0. The smallest absolute Gasteiger partial charge is 0.262 e. The molecule has 3 N–H and O–H groups in total. The molecule has 23 heavy (non-hydrogen) atoms. The van der Waals surface area contributed by atoms with Gasteiger partial charge in [0.1, 0.15) is 11.5 Å². The Morgan fingerprint density at radius 2 is 1.91 bits per heavy atom. The number of rotatable bonds is 6. The van der Waals surface area contributed by atoms with Crippen molar-refractivity contribution >= 4 is 17.3 Å².